The number of nitro benzene ring substituents is 1. The zero-order valence-corrected chi connectivity index (χ0v) is 10.1. The lowest BCUT2D eigenvalue weighted by Gasteiger charge is -2.37. The number of carboxylic acid groups (broad SMARTS) is 1. The van der Waals surface area contributed by atoms with Crippen molar-refractivity contribution in [3.05, 3.63) is 34.1 Å². The van der Waals surface area contributed by atoms with E-state index in [4.69, 9.17) is 5.11 Å². The van der Waals surface area contributed by atoms with E-state index in [9.17, 15) is 19.3 Å². The van der Waals surface area contributed by atoms with Crippen molar-refractivity contribution in [2.24, 2.45) is 5.41 Å². The number of anilines is 1. The molecule has 6 nitrogen and oxygen atoms in total. The van der Waals surface area contributed by atoms with E-state index in [-0.39, 0.29) is 17.9 Å². The number of aliphatic carboxylic acids is 1. The Bertz CT molecular complexity index is 528. The van der Waals surface area contributed by atoms with Gasteiger partial charge in [0.05, 0.1) is 16.4 Å². The number of nitrogens with one attached hydrogen (secondary N) is 1. The molecule has 0 amide bonds. The minimum absolute atomic E-state index is 0.142. The number of halogens is 1. The highest BCUT2D eigenvalue weighted by Crippen LogP contribution is 2.41. The average Bonchev–Trinajstić information content (AvgIpc) is 2.26. The van der Waals surface area contributed by atoms with E-state index < -0.39 is 22.1 Å². The Hall–Kier alpha value is -2.18. The molecule has 1 aliphatic carbocycles. The summed E-state index contributed by atoms with van der Waals surface area (Å²) in [4.78, 5) is 21.1. The van der Waals surface area contributed by atoms with Crippen molar-refractivity contribution >= 4 is 17.3 Å². The summed E-state index contributed by atoms with van der Waals surface area (Å²) in [6, 6.07) is 3.13. The van der Waals surface area contributed by atoms with Crippen LogP contribution in [0.2, 0.25) is 0 Å². The van der Waals surface area contributed by atoms with Crippen molar-refractivity contribution in [3.8, 4) is 0 Å². The molecule has 0 atom stereocenters. The second-order valence-electron chi connectivity index (χ2n) is 4.75. The standard InChI is InChI=1S/C12H13FN2O4/c13-8-4-9(6-10(5-8)15(18)19)14-7-12(11(16)17)2-1-3-12/h4-6,14H,1-3,7H2,(H,16,17). The van der Waals surface area contributed by atoms with Gasteiger partial charge in [0.25, 0.3) is 5.69 Å². The van der Waals surface area contributed by atoms with Crippen molar-refractivity contribution in [2.45, 2.75) is 19.3 Å². The molecule has 0 bridgehead atoms. The molecule has 0 aliphatic heterocycles. The number of benzene rings is 1. The summed E-state index contributed by atoms with van der Waals surface area (Å²) < 4.78 is 13.2. The highest BCUT2D eigenvalue weighted by Gasteiger charge is 2.44. The molecule has 2 rings (SSSR count). The first-order chi connectivity index (χ1) is 8.93. The first-order valence-electron chi connectivity index (χ1n) is 5.85. The van der Waals surface area contributed by atoms with Gasteiger partial charge >= 0.3 is 5.97 Å². The third-order valence-electron chi connectivity index (χ3n) is 3.49. The molecule has 1 fully saturated rings. The normalized spacial score (nSPS) is 16.5. The summed E-state index contributed by atoms with van der Waals surface area (Å²) in [5, 5.41) is 22.5. The smallest absolute Gasteiger partial charge is 0.311 e. The first-order valence-corrected chi connectivity index (χ1v) is 5.85. The van der Waals surface area contributed by atoms with E-state index in [0.29, 0.717) is 12.8 Å². The van der Waals surface area contributed by atoms with E-state index in [1.807, 2.05) is 0 Å². The molecular weight excluding hydrogens is 255 g/mol. The van der Waals surface area contributed by atoms with E-state index in [2.05, 4.69) is 5.32 Å². The van der Waals surface area contributed by atoms with E-state index >= 15 is 0 Å². The molecule has 1 aromatic carbocycles. The number of non-ortho nitro benzene ring substituents is 1. The van der Waals surface area contributed by atoms with Crippen LogP contribution in [0.15, 0.2) is 18.2 Å². The summed E-state index contributed by atoms with van der Waals surface area (Å²) in [5.74, 6) is -1.62. The van der Waals surface area contributed by atoms with Crippen LogP contribution in [0.4, 0.5) is 15.8 Å². The number of hydrogen-bond donors (Lipinski definition) is 2. The monoisotopic (exact) mass is 268 g/mol. The summed E-state index contributed by atoms with van der Waals surface area (Å²) in [7, 11) is 0. The zero-order chi connectivity index (χ0) is 14.0. The van der Waals surface area contributed by atoms with Crippen LogP contribution in [0.1, 0.15) is 19.3 Å². The van der Waals surface area contributed by atoms with Crippen molar-refractivity contribution in [1.29, 1.82) is 0 Å². The SMILES string of the molecule is O=C(O)C1(CNc2cc(F)cc([N+](=O)[O-])c2)CCC1. The number of hydrogen-bond acceptors (Lipinski definition) is 4. The van der Waals surface area contributed by atoms with Crippen LogP contribution < -0.4 is 5.32 Å². The van der Waals surface area contributed by atoms with Gasteiger partial charge < -0.3 is 10.4 Å². The maximum Gasteiger partial charge on any atom is 0.311 e. The molecular formula is C12H13FN2O4. The maximum atomic E-state index is 13.2. The van der Waals surface area contributed by atoms with Gasteiger partial charge in [-0.15, -0.1) is 0 Å². The summed E-state index contributed by atoms with van der Waals surface area (Å²) in [5.41, 5.74) is -0.971. The van der Waals surface area contributed by atoms with Gasteiger partial charge in [0.15, 0.2) is 0 Å². The molecule has 2 N–H and O–H groups in total. The lowest BCUT2D eigenvalue weighted by Crippen LogP contribution is -2.43. The quantitative estimate of drug-likeness (QED) is 0.631. The Morgan fingerprint density at radius 1 is 1.47 bits per heavy atom. The van der Waals surface area contributed by atoms with Gasteiger partial charge in [0.2, 0.25) is 0 Å². The molecule has 0 spiro atoms. The number of nitrogens with zero attached hydrogens (tertiary/aromatic N) is 1. The Morgan fingerprint density at radius 3 is 2.63 bits per heavy atom. The second-order valence-corrected chi connectivity index (χ2v) is 4.75. The Morgan fingerprint density at radius 2 is 2.16 bits per heavy atom. The van der Waals surface area contributed by atoms with Crippen LogP contribution in [-0.2, 0) is 4.79 Å². The summed E-state index contributed by atoms with van der Waals surface area (Å²) in [6.07, 6.45) is 1.97. The van der Waals surface area contributed by atoms with Gasteiger partial charge in [-0.2, -0.15) is 0 Å². The molecule has 1 aromatic rings. The molecule has 1 saturated carbocycles. The fourth-order valence-corrected chi connectivity index (χ4v) is 2.12. The van der Waals surface area contributed by atoms with E-state index in [1.165, 1.54) is 6.07 Å². The molecule has 0 saturated heterocycles. The highest BCUT2D eigenvalue weighted by molar-refractivity contribution is 5.76. The van der Waals surface area contributed by atoms with Crippen molar-refractivity contribution < 1.29 is 19.2 Å². The van der Waals surface area contributed by atoms with Gasteiger partial charge in [-0.05, 0) is 18.9 Å². The van der Waals surface area contributed by atoms with Crippen LogP contribution in [0.3, 0.4) is 0 Å². The number of rotatable bonds is 5. The topological polar surface area (TPSA) is 92.5 Å². The highest BCUT2D eigenvalue weighted by atomic mass is 19.1. The van der Waals surface area contributed by atoms with E-state index in [1.54, 1.807) is 0 Å². The largest absolute Gasteiger partial charge is 0.481 e. The molecule has 19 heavy (non-hydrogen) atoms. The van der Waals surface area contributed by atoms with Gasteiger partial charge in [-0.1, -0.05) is 6.42 Å². The fourth-order valence-electron chi connectivity index (χ4n) is 2.12. The minimum atomic E-state index is -0.892. The van der Waals surface area contributed by atoms with Crippen LogP contribution in [-0.4, -0.2) is 22.5 Å². The van der Waals surface area contributed by atoms with Crippen LogP contribution in [0.25, 0.3) is 0 Å². The Balaban J connectivity index is 2.11. The Kier molecular flexibility index (Phi) is 3.37. The second kappa shape index (κ2) is 4.83. The average molecular weight is 268 g/mol. The molecule has 7 heteroatoms. The molecule has 0 radical (unpaired) electrons. The lowest BCUT2D eigenvalue weighted by molar-refractivity contribution is -0.385. The summed E-state index contributed by atoms with van der Waals surface area (Å²) in [6.45, 7) is 0.142. The molecule has 0 aromatic heterocycles. The fraction of sp³-hybridized carbons (Fsp3) is 0.417. The van der Waals surface area contributed by atoms with Crippen LogP contribution >= 0.6 is 0 Å². The number of carboxylic acids is 1. The van der Waals surface area contributed by atoms with Gasteiger partial charge in [0.1, 0.15) is 5.82 Å². The Labute approximate surface area is 108 Å². The molecule has 0 unspecified atom stereocenters. The van der Waals surface area contributed by atoms with E-state index in [0.717, 1.165) is 18.6 Å². The predicted octanol–water partition coefficient (Wildman–Crippen LogP) is 2.40. The molecule has 0 heterocycles. The third-order valence-corrected chi connectivity index (χ3v) is 3.49. The molecule has 102 valence electrons. The van der Waals surface area contributed by atoms with Gasteiger partial charge in [0, 0.05) is 18.3 Å². The first kappa shape index (κ1) is 13.3. The number of carbonyl (C=O) groups is 1. The van der Waals surface area contributed by atoms with Crippen molar-refractivity contribution in [2.75, 3.05) is 11.9 Å². The van der Waals surface area contributed by atoms with Crippen molar-refractivity contribution in [1.82, 2.24) is 0 Å². The molecule has 1 aliphatic rings. The number of nitro groups is 1. The predicted molar refractivity (Wildman–Crippen MR) is 65.5 cm³/mol. The van der Waals surface area contributed by atoms with Crippen molar-refractivity contribution in [3.63, 3.8) is 0 Å². The third kappa shape index (κ3) is 2.64. The minimum Gasteiger partial charge on any atom is -0.481 e. The van der Waals surface area contributed by atoms with Gasteiger partial charge in [-0.25, -0.2) is 4.39 Å². The lowest BCUT2D eigenvalue weighted by atomic mass is 9.69. The van der Waals surface area contributed by atoms with Crippen LogP contribution in [0.5, 0.6) is 0 Å². The zero-order valence-electron chi connectivity index (χ0n) is 10.1. The van der Waals surface area contributed by atoms with Gasteiger partial charge in [-0.3, -0.25) is 14.9 Å². The van der Waals surface area contributed by atoms with Crippen LogP contribution in [0, 0.1) is 21.3 Å². The maximum absolute atomic E-state index is 13.2. The summed E-state index contributed by atoms with van der Waals surface area (Å²) >= 11 is 0.